The van der Waals surface area contributed by atoms with Gasteiger partial charge in [0.25, 0.3) is 0 Å². The molecule has 0 amide bonds. The SMILES string of the molecule is CCC(NCC(O)c1cccs1)C1CC1. The van der Waals surface area contributed by atoms with Crippen molar-refractivity contribution in [2.24, 2.45) is 5.92 Å². The van der Waals surface area contributed by atoms with Gasteiger partial charge in [-0.1, -0.05) is 13.0 Å². The molecule has 15 heavy (non-hydrogen) atoms. The van der Waals surface area contributed by atoms with Crippen molar-refractivity contribution >= 4 is 11.3 Å². The second-order valence-corrected chi connectivity index (χ2v) is 5.27. The summed E-state index contributed by atoms with van der Waals surface area (Å²) in [5, 5.41) is 15.4. The van der Waals surface area contributed by atoms with Crippen molar-refractivity contribution in [3.63, 3.8) is 0 Å². The Bertz CT molecular complexity index is 282. The van der Waals surface area contributed by atoms with Gasteiger partial charge in [-0.05, 0) is 36.6 Å². The largest absolute Gasteiger partial charge is 0.386 e. The fourth-order valence-electron chi connectivity index (χ4n) is 1.99. The Morgan fingerprint density at radius 2 is 2.40 bits per heavy atom. The average Bonchev–Trinajstić information content (AvgIpc) is 2.94. The summed E-state index contributed by atoms with van der Waals surface area (Å²) in [6.07, 6.45) is 3.56. The van der Waals surface area contributed by atoms with Gasteiger partial charge in [-0.2, -0.15) is 0 Å². The topological polar surface area (TPSA) is 32.3 Å². The van der Waals surface area contributed by atoms with E-state index in [0.29, 0.717) is 12.6 Å². The minimum atomic E-state index is -0.335. The van der Waals surface area contributed by atoms with Crippen LogP contribution in [0.3, 0.4) is 0 Å². The van der Waals surface area contributed by atoms with Crippen LogP contribution < -0.4 is 5.32 Å². The van der Waals surface area contributed by atoms with Gasteiger partial charge in [0.2, 0.25) is 0 Å². The van der Waals surface area contributed by atoms with Gasteiger partial charge in [0.05, 0.1) is 0 Å². The highest BCUT2D eigenvalue weighted by Gasteiger charge is 2.29. The molecule has 0 spiro atoms. The third-order valence-electron chi connectivity index (χ3n) is 3.08. The van der Waals surface area contributed by atoms with E-state index < -0.39 is 0 Å². The molecule has 0 radical (unpaired) electrons. The van der Waals surface area contributed by atoms with Crippen molar-refractivity contribution in [3.8, 4) is 0 Å². The van der Waals surface area contributed by atoms with E-state index in [1.54, 1.807) is 11.3 Å². The summed E-state index contributed by atoms with van der Waals surface area (Å²) >= 11 is 1.62. The maximum Gasteiger partial charge on any atom is 0.101 e. The molecule has 0 aromatic carbocycles. The van der Waals surface area contributed by atoms with Crippen LogP contribution in [0.5, 0.6) is 0 Å². The molecule has 2 unspecified atom stereocenters. The molecular weight excluding hydrogens is 206 g/mol. The Morgan fingerprint density at radius 1 is 1.60 bits per heavy atom. The third-order valence-corrected chi connectivity index (χ3v) is 4.05. The summed E-state index contributed by atoms with van der Waals surface area (Å²) in [6, 6.07) is 4.59. The molecule has 0 saturated heterocycles. The average molecular weight is 225 g/mol. The van der Waals surface area contributed by atoms with Crippen LogP contribution in [0.25, 0.3) is 0 Å². The molecule has 2 nitrogen and oxygen atoms in total. The monoisotopic (exact) mass is 225 g/mol. The van der Waals surface area contributed by atoms with Crippen LogP contribution in [0.2, 0.25) is 0 Å². The molecule has 0 aliphatic heterocycles. The van der Waals surface area contributed by atoms with Crippen LogP contribution in [0.4, 0.5) is 0 Å². The first-order chi connectivity index (χ1) is 7.31. The fraction of sp³-hybridized carbons (Fsp3) is 0.667. The standard InChI is InChI=1S/C12H19NOS/c1-2-10(9-5-6-9)13-8-11(14)12-4-3-7-15-12/h3-4,7,9-11,13-14H,2,5-6,8H2,1H3. The normalized spacial score (nSPS) is 20.1. The molecule has 1 heterocycles. The number of nitrogens with one attached hydrogen (secondary N) is 1. The third kappa shape index (κ3) is 3.03. The molecule has 1 saturated carbocycles. The molecule has 2 rings (SSSR count). The molecule has 1 aliphatic rings. The van der Waals surface area contributed by atoms with E-state index in [-0.39, 0.29) is 6.10 Å². The lowest BCUT2D eigenvalue weighted by Crippen LogP contribution is -2.33. The van der Waals surface area contributed by atoms with E-state index in [1.807, 2.05) is 17.5 Å². The van der Waals surface area contributed by atoms with Crippen LogP contribution in [0, 0.1) is 5.92 Å². The van der Waals surface area contributed by atoms with Crippen LogP contribution in [-0.4, -0.2) is 17.7 Å². The highest BCUT2D eigenvalue weighted by Crippen LogP contribution is 2.34. The van der Waals surface area contributed by atoms with Gasteiger partial charge in [-0.3, -0.25) is 0 Å². The summed E-state index contributed by atoms with van der Waals surface area (Å²) in [5.74, 6) is 0.866. The second-order valence-electron chi connectivity index (χ2n) is 4.29. The summed E-state index contributed by atoms with van der Waals surface area (Å²) in [4.78, 5) is 1.06. The lowest BCUT2D eigenvalue weighted by molar-refractivity contribution is 0.171. The zero-order chi connectivity index (χ0) is 10.7. The first-order valence-electron chi connectivity index (χ1n) is 5.76. The molecule has 0 bridgehead atoms. The van der Waals surface area contributed by atoms with Gasteiger partial charge in [-0.15, -0.1) is 11.3 Å². The maximum absolute atomic E-state index is 9.90. The van der Waals surface area contributed by atoms with Crippen molar-refractivity contribution in [1.82, 2.24) is 5.32 Å². The highest BCUT2D eigenvalue weighted by molar-refractivity contribution is 7.10. The molecule has 1 aliphatic carbocycles. The highest BCUT2D eigenvalue weighted by atomic mass is 32.1. The number of hydrogen-bond donors (Lipinski definition) is 2. The molecule has 1 aromatic rings. The summed E-state index contributed by atoms with van der Waals surface area (Å²) in [6.45, 7) is 2.91. The fourth-order valence-corrected chi connectivity index (χ4v) is 2.70. The van der Waals surface area contributed by atoms with Gasteiger partial charge in [0, 0.05) is 17.5 Å². The Balaban J connectivity index is 1.76. The molecular formula is C12H19NOS. The quantitative estimate of drug-likeness (QED) is 0.780. The minimum absolute atomic E-state index is 0.335. The zero-order valence-electron chi connectivity index (χ0n) is 9.15. The molecule has 1 aromatic heterocycles. The lowest BCUT2D eigenvalue weighted by Gasteiger charge is -2.18. The van der Waals surface area contributed by atoms with Crippen LogP contribution in [-0.2, 0) is 0 Å². The number of rotatable bonds is 6. The first-order valence-corrected chi connectivity index (χ1v) is 6.64. The van der Waals surface area contributed by atoms with E-state index in [9.17, 15) is 5.11 Å². The van der Waals surface area contributed by atoms with Gasteiger partial charge >= 0.3 is 0 Å². The van der Waals surface area contributed by atoms with Gasteiger partial charge in [0.15, 0.2) is 0 Å². The molecule has 1 fully saturated rings. The number of thiophene rings is 1. The minimum Gasteiger partial charge on any atom is -0.386 e. The molecule has 3 heteroatoms. The lowest BCUT2D eigenvalue weighted by atomic mass is 10.1. The van der Waals surface area contributed by atoms with E-state index >= 15 is 0 Å². The predicted octanol–water partition coefficient (Wildman–Crippen LogP) is 2.56. The van der Waals surface area contributed by atoms with Crippen molar-refractivity contribution in [1.29, 1.82) is 0 Å². The zero-order valence-corrected chi connectivity index (χ0v) is 9.96. The Kier molecular flexibility index (Phi) is 3.78. The Hall–Kier alpha value is -0.380. The summed E-state index contributed by atoms with van der Waals surface area (Å²) in [5.41, 5.74) is 0. The second kappa shape index (κ2) is 5.10. The van der Waals surface area contributed by atoms with Crippen LogP contribution in [0.15, 0.2) is 17.5 Å². The summed E-state index contributed by atoms with van der Waals surface area (Å²) in [7, 11) is 0. The van der Waals surface area contributed by atoms with Crippen molar-refractivity contribution in [2.75, 3.05) is 6.54 Å². The maximum atomic E-state index is 9.90. The predicted molar refractivity (Wildman–Crippen MR) is 64.1 cm³/mol. The smallest absolute Gasteiger partial charge is 0.101 e. The van der Waals surface area contributed by atoms with Gasteiger partial charge < -0.3 is 10.4 Å². The van der Waals surface area contributed by atoms with E-state index in [2.05, 4.69) is 12.2 Å². The van der Waals surface area contributed by atoms with Crippen molar-refractivity contribution < 1.29 is 5.11 Å². The molecule has 2 N–H and O–H groups in total. The van der Waals surface area contributed by atoms with E-state index in [0.717, 1.165) is 10.8 Å². The molecule has 2 atom stereocenters. The molecule has 84 valence electrons. The van der Waals surface area contributed by atoms with Crippen molar-refractivity contribution in [3.05, 3.63) is 22.4 Å². The Morgan fingerprint density at radius 3 is 2.93 bits per heavy atom. The van der Waals surface area contributed by atoms with E-state index in [4.69, 9.17) is 0 Å². The number of hydrogen-bond acceptors (Lipinski definition) is 3. The Labute approximate surface area is 95.3 Å². The van der Waals surface area contributed by atoms with Gasteiger partial charge in [-0.25, -0.2) is 0 Å². The van der Waals surface area contributed by atoms with Gasteiger partial charge in [0.1, 0.15) is 6.10 Å². The van der Waals surface area contributed by atoms with Crippen molar-refractivity contribution in [2.45, 2.75) is 38.3 Å². The van der Waals surface area contributed by atoms with E-state index in [1.165, 1.54) is 19.3 Å². The number of aliphatic hydroxyl groups excluding tert-OH is 1. The van der Waals surface area contributed by atoms with Crippen LogP contribution >= 0.6 is 11.3 Å². The van der Waals surface area contributed by atoms with Crippen LogP contribution in [0.1, 0.15) is 37.2 Å². The number of aliphatic hydroxyl groups is 1. The first kappa shape index (κ1) is 11.1. The summed E-state index contributed by atoms with van der Waals surface area (Å²) < 4.78 is 0.